The predicted molar refractivity (Wildman–Crippen MR) is 54.6 cm³/mol. The van der Waals surface area contributed by atoms with E-state index < -0.39 is 0 Å². The van der Waals surface area contributed by atoms with Crippen molar-refractivity contribution >= 4 is 11.6 Å². The largest absolute Gasteiger partial charge is 0.335 e. The zero-order valence-corrected chi connectivity index (χ0v) is 7.94. The SMILES string of the molecule is O=C=C1CCCCN1c1cccnc1. The molecule has 1 aliphatic heterocycles. The van der Waals surface area contributed by atoms with Gasteiger partial charge < -0.3 is 4.90 Å². The van der Waals surface area contributed by atoms with E-state index in [1.165, 1.54) is 0 Å². The zero-order valence-electron chi connectivity index (χ0n) is 7.94. The molecular formula is C11H12N2O. The van der Waals surface area contributed by atoms with Crippen LogP contribution in [-0.2, 0) is 4.79 Å². The van der Waals surface area contributed by atoms with Crippen molar-refractivity contribution in [3.05, 3.63) is 30.2 Å². The van der Waals surface area contributed by atoms with Crippen molar-refractivity contribution in [3.8, 4) is 0 Å². The highest BCUT2D eigenvalue weighted by molar-refractivity contribution is 5.64. The molecule has 0 atom stereocenters. The molecule has 0 amide bonds. The van der Waals surface area contributed by atoms with Gasteiger partial charge in [0.1, 0.15) is 11.6 Å². The molecule has 1 saturated heterocycles. The molecule has 1 aliphatic rings. The van der Waals surface area contributed by atoms with Crippen LogP contribution in [0.2, 0.25) is 0 Å². The Labute approximate surface area is 83.1 Å². The van der Waals surface area contributed by atoms with Crippen molar-refractivity contribution in [1.82, 2.24) is 4.98 Å². The Bertz CT molecular complexity index is 355. The standard InChI is InChI=1S/C11H12N2O/c14-9-11-4-1-2-7-13(11)10-5-3-6-12-8-10/h3,5-6,8H,1-2,4,7H2. The molecule has 0 radical (unpaired) electrons. The molecule has 0 saturated carbocycles. The maximum absolute atomic E-state index is 10.7. The van der Waals surface area contributed by atoms with E-state index in [4.69, 9.17) is 0 Å². The average molecular weight is 188 g/mol. The molecule has 3 heteroatoms. The Kier molecular flexibility index (Phi) is 2.61. The number of rotatable bonds is 1. The van der Waals surface area contributed by atoms with Crippen molar-refractivity contribution < 1.29 is 4.79 Å². The van der Waals surface area contributed by atoms with E-state index in [0.717, 1.165) is 37.2 Å². The van der Waals surface area contributed by atoms with Crippen molar-refractivity contribution in [2.45, 2.75) is 19.3 Å². The van der Waals surface area contributed by atoms with Gasteiger partial charge in [0, 0.05) is 12.7 Å². The summed E-state index contributed by atoms with van der Waals surface area (Å²) in [6.45, 7) is 0.899. The third-order valence-corrected chi connectivity index (χ3v) is 2.45. The summed E-state index contributed by atoms with van der Waals surface area (Å²) in [5.74, 6) is 2.02. The molecule has 0 aromatic carbocycles. The van der Waals surface area contributed by atoms with Crippen LogP contribution in [0.5, 0.6) is 0 Å². The fourth-order valence-electron chi connectivity index (χ4n) is 1.74. The molecule has 0 bridgehead atoms. The highest BCUT2D eigenvalue weighted by Crippen LogP contribution is 2.24. The lowest BCUT2D eigenvalue weighted by molar-refractivity contribution is 0.558. The lowest BCUT2D eigenvalue weighted by Crippen LogP contribution is -2.27. The summed E-state index contributed by atoms with van der Waals surface area (Å²) in [5, 5.41) is 0. The monoisotopic (exact) mass is 188 g/mol. The summed E-state index contributed by atoms with van der Waals surface area (Å²) in [6.07, 6.45) is 6.56. The number of carbonyl (C=O) groups excluding carboxylic acids is 1. The van der Waals surface area contributed by atoms with Crippen LogP contribution >= 0.6 is 0 Å². The molecule has 2 rings (SSSR count). The van der Waals surface area contributed by atoms with Crippen LogP contribution in [-0.4, -0.2) is 17.5 Å². The minimum absolute atomic E-state index is 0.754. The minimum atomic E-state index is 0.754. The van der Waals surface area contributed by atoms with Gasteiger partial charge in [-0.3, -0.25) is 4.98 Å². The van der Waals surface area contributed by atoms with Crippen molar-refractivity contribution in [1.29, 1.82) is 0 Å². The van der Waals surface area contributed by atoms with E-state index in [2.05, 4.69) is 4.98 Å². The minimum Gasteiger partial charge on any atom is -0.335 e. The van der Waals surface area contributed by atoms with Gasteiger partial charge in [0.05, 0.1) is 11.9 Å². The quantitative estimate of drug-likeness (QED) is 0.630. The van der Waals surface area contributed by atoms with Crippen molar-refractivity contribution in [2.75, 3.05) is 11.4 Å². The number of aromatic nitrogens is 1. The number of nitrogens with zero attached hydrogens (tertiary/aromatic N) is 2. The highest BCUT2D eigenvalue weighted by atomic mass is 16.1. The second-order valence-electron chi connectivity index (χ2n) is 3.37. The first-order chi connectivity index (χ1) is 6.92. The van der Waals surface area contributed by atoms with Gasteiger partial charge in [-0.25, -0.2) is 4.79 Å². The van der Waals surface area contributed by atoms with Crippen LogP contribution in [0.3, 0.4) is 0 Å². The predicted octanol–water partition coefficient (Wildman–Crippen LogP) is 1.79. The van der Waals surface area contributed by atoms with Gasteiger partial charge in [-0.15, -0.1) is 0 Å². The van der Waals surface area contributed by atoms with E-state index in [1.807, 2.05) is 23.0 Å². The third kappa shape index (κ3) is 1.68. The lowest BCUT2D eigenvalue weighted by Gasteiger charge is -2.28. The van der Waals surface area contributed by atoms with Gasteiger partial charge in [-0.1, -0.05) is 0 Å². The van der Waals surface area contributed by atoms with Crippen LogP contribution in [0.15, 0.2) is 30.2 Å². The van der Waals surface area contributed by atoms with E-state index >= 15 is 0 Å². The molecule has 1 fully saturated rings. The van der Waals surface area contributed by atoms with Crippen molar-refractivity contribution in [3.63, 3.8) is 0 Å². The Hall–Kier alpha value is -1.60. The second-order valence-corrected chi connectivity index (χ2v) is 3.37. The Morgan fingerprint density at radius 2 is 2.36 bits per heavy atom. The van der Waals surface area contributed by atoms with Gasteiger partial charge in [0.2, 0.25) is 0 Å². The zero-order chi connectivity index (χ0) is 9.80. The molecular weight excluding hydrogens is 176 g/mol. The van der Waals surface area contributed by atoms with E-state index in [1.54, 1.807) is 12.4 Å². The van der Waals surface area contributed by atoms with E-state index in [-0.39, 0.29) is 0 Å². The Morgan fingerprint density at radius 1 is 1.43 bits per heavy atom. The Morgan fingerprint density at radius 3 is 3.07 bits per heavy atom. The summed E-state index contributed by atoms with van der Waals surface area (Å²) in [7, 11) is 0. The molecule has 72 valence electrons. The first-order valence-electron chi connectivity index (χ1n) is 4.83. The van der Waals surface area contributed by atoms with E-state index in [0.29, 0.717) is 0 Å². The Balaban J connectivity index is 2.28. The van der Waals surface area contributed by atoms with Crippen LogP contribution in [0.4, 0.5) is 5.69 Å². The van der Waals surface area contributed by atoms with Crippen LogP contribution < -0.4 is 4.90 Å². The summed E-state index contributed by atoms with van der Waals surface area (Å²) in [5.41, 5.74) is 1.75. The molecule has 3 nitrogen and oxygen atoms in total. The third-order valence-electron chi connectivity index (χ3n) is 2.45. The topological polar surface area (TPSA) is 33.2 Å². The molecule has 0 N–H and O–H groups in total. The second kappa shape index (κ2) is 4.07. The smallest absolute Gasteiger partial charge is 0.146 e. The van der Waals surface area contributed by atoms with Gasteiger partial charge in [-0.2, -0.15) is 0 Å². The number of anilines is 1. The highest BCUT2D eigenvalue weighted by Gasteiger charge is 2.17. The van der Waals surface area contributed by atoms with Crippen LogP contribution in [0, 0.1) is 0 Å². The molecule has 0 aliphatic carbocycles. The van der Waals surface area contributed by atoms with Gasteiger partial charge in [0.15, 0.2) is 0 Å². The number of hydrogen-bond acceptors (Lipinski definition) is 3. The number of hydrogen-bond donors (Lipinski definition) is 0. The molecule has 0 unspecified atom stereocenters. The fraction of sp³-hybridized carbons (Fsp3) is 0.364. The van der Waals surface area contributed by atoms with Gasteiger partial charge in [-0.05, 0) is 31.4 Å². The summed E-state index contributed by atoms with van der Waals surface area (Å²) in [4.78, 5) is 16.8. The maximum atomic E-state index is 10.7. The fourth-order valence-corrected chi connectivity index (χ4v) is 1.74. The molecule has 0 spiro atoms. The van der Waals surface area contributed by atoms with Crippen molar-refractivity contribution in [2.24, 2.45) is 0 Å². The first-order valence-corrected chi connectivity index (χ1v) is 4.83. The molecule has 2 heterocycles. The normalized spacial score (nSPS) is 16.6. The molecule has 1 aromatic heterocycles. The van der Waals surface area contributed by atoms with Gasteiger partial charge >= 0.3 is 0 Å². The lowest BCUT2D eigenvalue weighted by atomic mass is 10.1. The number of pyridine rings is 1. The number of allylic oxidation sites excluding steroid dienone is 1. The maximum Gasteiger partial charge on any atom is 0.146 e. The average Bonchev–Trinajstić information content (AvgIpc) is 2.30. The first kappa shape index (κ1) is 8.97. The molecule has 1 aromatic rings. The molecule has 14 heavy (non-hydrogen) atoms. The summed E-state index contributed by atoms with van der Waals surface area (Å²) in [6, 6.07) is 3.85. The van der Waals surface area contributed by atoms with Gasteiger partial charge in [0.25, 0.3) is 0 Å². The van der Waals surface area contributed by atoms with Crippen LogP contribution in [0.25, 0.3) is 0 Å². The number of piperidine rings is 1. The summed E-state index contributed by atoms with van der Waals surface area (Å²) < 4.78 is 0. The van der Waals surface area contributed by atoms with E-state index in [9.17, 15) is 4.79 Å². The summed E-state index contributed by atoms with van der Waals surface area (Å²) >= 11 is 0. The van der Waals surface area contributed by atoms with Crippen LogP contribution in [0.1, 0.15) is 19.3 Å².